The Morgan fingerprint density at radius 3 is 2.64 bits per heavy atom. The highest BCUT2D eigenvalue weighted by molar-refractivity contribution is 5.98. The van der Waals surface area contributed by atoms with E-state index in [0.29, 0.717) is 25.1 Å². The van der Waals surface area contributed by atoms with Crippen molar-refractivity contribution in [3.05, 3.63) is 47.5 Å². The summed E-state index contributed by atoms with van der Waals surface area (Å²) in [6.07, 6.45) is 3.82. The number of rotatable bonds is 6. The monoisotopic (exact) mass is 304 g/mol. The zero-order valence-electron chi connectivity index (χ0n) is 12.3. The zero-order valence-corrected chi connectivity index (χ0v) is 12.3. The first-order valence-electron chi connectivity index (χ1n) is 7.31. The standard InChI is InChI=1S/C16H20N2O4/c19-15(18(21)22)12-14-9-5-11-17(16(14)20)10-4-8-13-6-2-1-3-7-13/h1-3,6-7,9,21-22H,4-5,8,10-12H2. The molecule has 0 bridgehead atoms. The Hall–Kier alpha value is -2.18. The molecule has 6 nitrogen and oxygen atoms in total. The van der Waals surface area contributed by atoms with Gasteiger partial charge in [-0.15, -0.1) is 0 Å². The van der Waals surface area contributed by atoms with Crippen LogP contribution in [0, 0.1) is 0 Å². The van der Waals surface area contributed by atoms with Crippen molar-refractivity contribution in [1.29, 1.82) is 0 Å². The SMILES string of the molecule is O=C(CC1=CCCN(CCCc2ccccc2)C1=O)N(O)O. The Kier molecular flexibility index (Phi) is 5.68. The summed E-state index contributed by atoms with van der Waals surface area (Å²) in [5.74, 6) is -1.11. The van der Waals surface area contributed by atoms with Crippen molar-refractivity contribution in [2.24, 2.45) is 0 Å². The molecule has 1 aromatic carbocycles. The zero-order chi connectivity index (χ0) is 15.9. The summed E-state index contributed by atoms with van der Waals surface area (Å²) in [5, 5.41) is 16.8. The van der Waals surface area contributed by atoms with Crippen molar-refractivity contribution < 1.29 is 20.0 Å². The molecule has 2 rings (SSSR count). The first kappa shape index (κ1) is 16.2. The number of benzene rings is 1. The van der Waals surface area contributed by atoms with Gasteiger partial charge in [-0.05, 0) is 24.8 Å². The summed E-state index contributed by atoms with van der Waals surface area (Å²) < 4.78 is 0. The molecule has 0 atom stereocenters. The van der Waals surface area contributed by atoms with Gasteiger partial charge in [0.15, 0.2) is 0 Å². The second-order valence-corrected chi connectivity index (χ2v) is 5.26. The van der Waals surface area contributed by atoms with Crippen LogP contribution in [-0.2, 0) is 16.0 Å². The fourth-order valence-electron chi connectivity index (χ4n) is 2.50. The van der Waals surface area contributed by atoms with Crippen LogP contribution in [0.1, 0.15) is 24.8 Å². The molecule has 0 saturated carbocycles. The maximum absolute atomic E-state index is 12.2. The number of hydrogen-bond acceptors (Lipinski definition) is 4. The molecule has 1 heterocycles. The fraction of sp³-hybridized carbons (Fsp3) is 0.375. The van der Waals surface area contributed by atoms with Crippen LogP contribution in [0.2, 0.25) is 0 Å². The average Bonchev–Trinajstić information content (AvgIpc) is 2.51. The lowest BCUT2D eigenvalue weighted by molar-refractivity contribution is -0.284. The molecule has 22 heavy (non-hydrogen) atoms. The lowest BCUT2D eigenvalue weighted by atomic mass is 10.0. The molecule has 0 aliphatic carbocycles. The van der Waals surface area contributed by atoms with Crippen LogP contribution in [0.5, 0.6) is 0 Å². The number of carbonyl (C=O) groups is 2. The van der Waals surface area contributed by atoms with E-state index in [1.807, 2.05) is 18.2 Å². The molecular weight excluding hydrogens is 284 g/mol. The molecule has 0 spiro atoms. The molecule has 0 saturated heterocycles. The third-order valence-electron chi connectivity index (χ3n) is 3.65. The smallest absolute Gasteiger partial charge is 0.277 e. The number of hydrogen-bond donors (Lipinski definition) is 2. The molecular formula is C16H20N2O4. The lowest BCUT2D eigenvalue weighted by Gasteiger charge is -2.27. The highest BCUT2D eigenvalue weighted by Gasteiger charge is 2.24. The van der Waals surface area contributed by atoms with Gasteiger partial charge in [0.25, 0.3) is 5.91 Å². The quantitative estimate of drug-likeness (QED) is 0.620. The Morgan fingerprint density at radius 1 is 1.23 bits per heavy atom. The van der Waals surface area contributed by atoms with Gasteiger partial charge in [0.05, 0.1) is 6.42 Å². The van der Waals surface area contributed by atoms with Crippen LogP contribution in [0.25, 0.3) is 0 Å². The van der Waals surface area contributed by atoms with Crippen LogP contribution in [0.3, 0.4) is 0 Å². The summed E-state index contributed by atoms with van der Waals surface area (Å²) >= 11 is 0. The van der Waals surface area contributed by atoms with E-state index in [0.717, 1.165) is 12.8 Å². The Balaban J connectivity index is 1.84. The van der Waals surface area contributed by atoms with Crippen LogP contribution >= 0.6 is 0 Å². The summed E-state index contributed by atoms with van der Waals surface area (Å²) in [5.41, 5.74) is 1.55. The van der Waals surface area contributed by atoms with Crippen LogP contribution in [0.4, 0.5) is 0 Å². The molecule has 0 fully saturated rings. The third kappa shape index (κ3) is 4.41. The number of amides is 2. The van der Waals surface area contributed by atoms with E-state index in [1.54, 1.807) is 11.0 Å². The highest BCUT2D eigenvalue weighted by atomic mass is 16.8. The van der Waals surface area contributed by atoms with Crippen molar-refractivity contribution in [2.75, 3.05) is 13.1 Å². The molecule has 0 aromatic heterocycles. The van der Waals surface area contributed by atoms with E-state index >= 15 is 0 Å². The Morgan fingerprint density at radius 2 is 1.95 bits per heavy atom. The largest absolute Gasteiger partial charge is 0.339 e. The van der Waals surface area contributed by atoms with Crippen molar-refractivity contribution in [1.82, 2.24) is 10.1 Å². The number of nitrogens with zero attached hydrogens (tertiary/aromatic N) is 2. The normalized spacial score (nSPS) is 14.7. The van der Waals surface area contributed by atoms with E-state index in [-0.39, 0.29) is 12.3 Å². The van der Waals surface area contributed by atoms with Crippen LogP contribution in [-0.4, -0.2) is 45.4 Å². The Labute approximate surface area is 129 Å². The van der Waals surface area contributed by atoms with E-state index < -0.39 is 11.1 Å². The van der Waals surface area contributed by atoms with Crippen molar-refractivity contribution in [3.8, 4) is 0 Å². The molecule has 0 radical (unpaired) electrons. The van der Waals surface area contributed by atoms with E-state index in [1.165, 1.54) is 5.56 Å². The maximum atomic E-state index is 12.2. The molecule has 1 aromatic rings. The molecule has 118 valence electrons. The van der Waals surface area contributed by atoms with Crippen LogP contribution < -0.4 is 0 Å². The molecule has 2 amide bonds. The predicted molar refractivity (Wildman–Crippen MR) is 79.1 cm³/mol. The van der Waals surface area contributed by atoms with Gasteiger partial charge in [0.2, 0.25) is 5.91 Å². The van der Waals surface area contributed by atoms with E-state index in [4.69, 9.17) is 10.4 Å². The second-order valence-electron chi connectivity index (χ2n) is 5.26. The lowest BCUT2D eigenvalue weighted by Crippen LogP contribution is -2.38. The predicted octanol–water partition coefficient (Wildman–Crippen LogP) is 1.77. The van der Waals surface area contributed by atoms with Gasteiger partial charge in [-0.2, -0.15) is 0 Å². The first-order chi connectivity index (χ1) is 10.6. The minimum Gasteiger partial charge on any atom is -0.339 e. The van der Waals surface area contributed by atoms with Crippen molar-refractivity contribution >= 4 is 11.8 Å². The summed E-state index contributed by atoms with van der Waals surface area (Å²) in [6, 6.07) is 10.1. The van der Waals surface area contributed by atoms with Gasteiger partial charge >= 0.3 is 0 Å². The third-order valence-corrected chi connectivity index (χ3v) is 3.65. The molecule has 1 aliphatic rings. The summed E-state index contributed by atoms with van der Waals surface area (Å²) in [6.45, 7) is 1.26. The van der Waals surface area contributed by atoms with Gasteiger partial charge in [-0.25, -0.2) is 0 Å². The van der Waals surface area contributed by atoms with Crippen LogP contribution in [0.15, 0.2) is 42.0 Å². The molecule has 6 heteroatoms. The number of aryl methyl sites for hydroxylation is 1. The summed E-state index contributed by atoms with van der Waals surface area (Å²) in [4.78, 5) is 25.2. The van der Waals surface area contributed by atoms with Crippen molar-refractivity contribution in [3.63, 3.8) is 0 Å². The van der Waals surface area contributed by atoms with Gasteiger partial charge in [-0.3, -0.25) is 20.0 Å². The molecule has 0 unspecified atom stereocenters. The van der Waals surface area contributed by atoms with Gasteiger partial charge < -0.3 is 4.90 Å². The van der Waals surface area contributed by atoms with E-state index in [2.05, 4.69) is 12.1 Å². The van der Waals surface area contributed by atoms with Gasteiger partial charge in [0.1, 0.15) is 0 Å². The van der Waals surface area contributed by atoms with Gasteiger partial charge in [-0.1, -0.05) is 41.6 Å². The molecule has 2 N–H and O–H groups in total. The van der Waals surface area contributed by atoms with Gasteiger partial charge in [0, 0.05) is 18.7 Å². The van der Waals surface area contributed by atoms with E-state index in [9.17, 15) is 9.59 Å². The average molecular weight is 304 g/mol. The highest BCUT2D eigenvalue weighted by Crippen LogP contribution is 2.16. The minimum absolute atomic E-state index is 0.200. The maximum Gasteiger partial charge on any atom is 0.277 e. The minimum atomic E-state index is -0.911. The fourth-order valence-corrected chi connectivity index (χ4v) is 2.50. The molecule has 1 aliphatic heterocycles. The Bertz CT molecular complexity index is 555. The summed E-state index contributed by atoms with van der Waals surface area (Å²) in [7, 11) is 0. The number of hydroxylamine groups is 2. The number of carbonyl (C=O) groups excluding carboxylic acids is 2. The second kappa shape index (κ2) is 7.72. The topological polar surface area (TPSA) is 81.1 Å². The van der Waals surface area contributed by atoms with Crippen molar-refractivity contribution in [2.45, 2.75) is 25.7 Å². The first-order valence-corrected chi connectivity index (χ1v) is 7.31.